The Labute approximate surface area is 115 Å². The summed E-state index contributed by atoms with van der Waals surface area (Å²) in [5.74, 6) is -3.11. The van der Waals surface area contributed by atoms with Gasteiger partial charge in [0.15, 0.2) is 0 Å². The van der Waals surface area contributed by atoms with Gasteiger partial charge in [0, 0.05) is 13.0 Å². The summed E-state index contributed by atoms with van der Waals surface area (Å²) < 4.78 is 0. The molecule has 6 N–H and O–H groups in total. The average Bonchev–Trinajstić information content (AvgIpc) is 2.31. The molecule has 0 fully saturated rings. The fourth-order valence-corrected chi connectivity index (χ4v) is 1.12. The second kappa shape index (κ2) is 7.31. The van der Waals surface area contributed by atoms with Gasteiger partial charge >= 0.3 is 18.0 Å². The Hall–Kier alpha value is -2.32. The number of urea groups is 1. The van der Waals surface area contributed by atoms with Crippen LogP contribution >= 0.6 is 0 Å². The lowest BCUT2D eigenvalue weighted by Gasteiger charge is -2.21. The lowest BCUT2D eigenvalue weighted by atomic mass is 9.93. The van der Waals surface area contributed by atoms with E-state index < -0.39 is 35.3 Å². The fourth-order valence-electron chi connectivity index (χ4n) is 1.12. The van der Waals surface area contributed by atoms with Crippen LogP contribution < -0.4 is 16.4 Å². The lowest BCUT2D eigenvalue weighted by molar-refractivity contribution is -0.140. The minimum absolute atomic E-state index is 0.0700. The molecule has 0 spiro atoms. The number of nitrogens with one attached hydrogen (secondary N) is 2. The van der Waals surface area contributed by atoms with Crippen molar-refractivity contribution in [1.29, 1.82) is 0 Å². The van der Waals surface area contributed by atoms with Gasteiger partial charge in [0.05, 0.1) is 5.41 Å². The van der Waals surface area contributed by atoms with Crippen LogP contribution in [0.3, 0.4) is 0 Å². The molecule has 114 valence electrons. The van der Waals surface area contributed by atoms with Gasteiger partial charge in [0.25, 0.3) is 0 Å². The van der Waals surface area contributed by atoms with Crippen LogP contribution in [0.25, 0.3) is 0 Å². The molecule has 0 aliphatic rings. The molecular formula is C11H19N3O6. The highest BCUT2D eigenvalue weighted by atomic mass is 16.4. The Morgan fingerprint density at radius 1 is 1.20 bits per heavy atom. The molecule has 0 aromatic carbocycles. The van der Waals surface area contributed by atoms with Crippen LogP contribution in [0.4, 0.5) is 4.79 Å². The van der Waals surface area contributed by atoms with Gasteiger partial charge in [-0.25, -0.2) is 9.59 Å². The predicted octanol–water partition coefficient (Wildman–Crippen LogP) is -0.885. The molecule has 20 heavy (non-hydrogen) atoms. The van der Waals surface area contributed by atoms with Crippen molar-refractivity contribution in [3.63, 3.8) is 0 Å². The number of hydrogen-bond acceptors (Lipinski definition) is 4. The quantitative estimate of drug-likeness (QED) is 0.390. The van der Waals surface area contributed by atoms with Crippen molar-refractivity contribution < 1.29 is 29.4 Å². The first-order valence-electron chi connectivity index (χ1n) is 5.85. The number of carboxylic acid groups (broad SMARTS) is 2. The summed E-state index contributed by atoms with van der Waals surface area (Å²) in [6.07, 6.45) is -0.624. The van der Waals surface area contributed by atoms with Gasteiger partial charge in [0.1, 0.15) is 6.04 Å². The number of carbonyl (C=O) groups excluding carboxylic acids is 2. The second-order valence-corrected chi connectivity index (χ2v) is 4.90. The number of nitrogens with two attached hydrogens (primary N) is 1. The van der Waals surface area contributed by atoms with Crippen LogP contribution in [0.5, 0.6) is 0 Å². The zero-order valence-electron chi connectivity index (χ0n) is 11.3. The van der Waals surface area contributed by atoms with E-state index in [9.17, 15) is 19.2 Å². The molecule has 0 saturated heterocycles. The number of hydrogen-bond donors (Lipinski definition) is 5. The number of amides is 3. The largest absolute Gasteiger partial charge is 0.481 e. The van der Waals surface area contributed by atoms with Gasteiger partial charge in [-0.15, -0.1) is 0 Å². The van der Waals surface area contributed by atoms with Crippen LogP contribution in [-0.4, -0.2) is 46.7 Å². The van der Waals surface area contributed by atoms with Gasteiger partial charge in [-0.2, -0.15) is 0 Å². The third-order valence-corrected chi connectivity index (χ3v) is 2.61. The molecule has 0 radical (unpaired) electrons. The molecule has 0 aliphatic carbocycles. The molecule has 9 heteroatoms. The summed E-state index contributed by atoms with van der Waals surface area (Å²) in [6, 6.07) is -2.13. The summed E-state index contributed by atoms with van der Waals surface area (Å²) >= 11 is 0. The molecule has 0 aliphatic heterocycles. The molecule has 0 heterocycles. The van der Waals surface area contributed by atoms with Gasteiger partial charge in [-0.1, -0.05) is 0 Å². The molecule has 0 aromatic heterocycles. The van der Waals surface area contributed by atoms with Crippen LogP contribution in [0.2, 0.25) is 0 Å². The van der Waals surface area contributed by atoms with E-state index in [2.05, 4.69) is 10.6 Å². The minimum Gasteiger partial charge on any atom is -0.481 e. The van der Waals surface area contributed by atoms with Gasteiger partial charge in [-0.05, 0) is 20.3 Å². The molecule has 1 atom stereocenters. The first-order chi connectivity index (χ1) is 9.06. The summed E-state index contributed by atoms with van der Waals surface area (Å²) in [5, 5.41) is 21.8. The molecular weight excluding hydrogens is 270 g/mol. The monoisotopic (exact) mass is 289 g/mol. The maximum absolute atomic E-state index is 11.5. The number of carboxylic acids is 2. The fraction of sp³-hybridized carbons (Fsp3) is 0.636. The molecule has 9 nitrogen and oxygen atoms in total. The van der Waals surface area contributed by atoms with Gasteiger partial charge in [0.2, 0.25) is 5.91 Å². The topological polar surface area (TPSA) is 159 Å². The van der Waals surface area contributed by atoms with E-state index in [4.69, 9.17) is 15.9 Å². The molecule has 3 amide bonds. The standard InChI is InChI=1S/C11H19N3O6/c1-11(2,9(12)19)5-13-10(20)14-6(8(17)18)3-4-7(15)16/h6H,3-5H2,1-2H3,(H2,12,19)(H,15,16)(H,17,18)(H2,13,14,20)/t6-/m0/s1. The summed E-state index contributed by atoms with van der Waals surface area (Å²) in [6.45, 7) is 2.98. The van der Waals surface area contributed by atoms with E-state index in [1.165, 1.54) is 13.8 Å². The summed E-state index contributed by atoms with van der Waals surface area (Å²) in [7, 11) is 0. The number of rotatable bonds is 8. The highest BCUT2D eigenvalue weighted by molar-refractivity contribution is 5.84. The van der Waals surface area contributed by atoms with E-state index in [0.29, 0.717) is 0 Å². The Morgan fingerprint density at radius 2 is 1.75 bits per heavy atom. The first-order valence-corrected chi connectivity index (χ1v) is 5.85. The van der Waals surface area contributed by atoms with E-state index >= 15 is 0 Å². The average molecular weight is 289 g/mol. The van der Waals surface area contributed by atoms with Gasteiger partial charge in [-0.3, -0.25) is 9.59 Å². The zero-order chi connectivity index (χ0) is 15.9. The van der Waals surface area contributed by atoms with Crippen molar-refractivity contribution in [3.05, 3.63) is 0 Å². The normalized spacial score (nSPS) is 12.3. The highest BCUT2D eigenvalue weighted by Gasteiger charge is 2.26. The Balaban J connectivity index is 4.37. The molecule has 0 unspecified atom stereocenters. The van der Waals surface area contributed by atoms with Crippen molar-refractivity contribution in [3.8, 4) is 0 Å². The third-order valence-electron chi connectivity index (χ3n) is 2.61. The lowest BCUT2D eigenvalue weighted by Crippen LogP contribution is -2.50. The smallest absolute Gasteiger partial charge is 0.326 e. The van der Waals surface area contributed by atoms with E-state index in [1.54, 1.807) is 0 Å². The van der Waals surface area contributed by atoms with E-state index in [0.717, 1.165) is 0 Å². The van der Waals surface area contributed by atoms with Crippen LogP contribution in [-0.2, 0) is 14.4 Å². The third kappa shape index (κ3) is 6.57. The molecule has 0 bridgehead atoms. The molecule has 0 rings (SSSR count). The highest BCUT2D eigenvalue weighted by Crippen LogP contribution is 2.11. The minimum atomic E-state index is -1.34. The van der Waals surface area contributed by atoms with Crippen LogP contribution in [0.15, 0.2) is 0 Å². The maximum atomic E-state index is 11.5. The van der Waals surface area contributed by atoms with E-state index in [-0.39, 0.29) is 19.4 Å². The van der Waals surface area contributed by atoms with Crippen LogP contribution in [0, 0.1) is 5.41 Å². The SMILES string of the molecule is CC(C)(CNC(=O)N[C@@H](CCC(=O)O)C(=O)O)C(N)=O. The second-order valence-electron chi connectivity index (χ2n) is 4.90. The molecule has 0 aromatic rings. The predicted molar refractivity (Wildman–Crippen MR) is 67.8 cm³/mol. The van der Waals surface area contributed by atoms with Crippen molar-refractivity contribution in [2.75, 3.05) is 6.54 Å². The molecule has 0 saturated carbocycles. The van der Waals surface area contributed by atoms with Crippen molar-refractivity contribution in [1.82, 2.24) is 10.6 Å². The number of aliphatic carboxylic acids is 2. The van der Waals surface area contributed by atoms with E-state index in [1.807, 2.05) is 0 Å². The van der Waals surface area contributed by atoms with Crippen molar-refractivity contribution in [2.24, 2.45) is 11.1 Å². The van der Waals surface area contributed by atoms with Gasteiger partial charge < -0.3 is 26.6 Å². The Bertz CT molecular complexity index is 407. The zero-order valence-corrected chi connectivity index (χ0v) is 11.3. The number of primary amides is 1. The van der Waals surface area contributed by atoms with Crippen molar-refractivity contribution >= 4 is 23.9 Å². The van der Waals surface area contributed by atoms with Crippen molar-refractivity contribution in [2.45, 2.75) is 32.7 Å². The maximum Gasteiger partial charge on any atom is 0.326 e. The summed E-state index contributed by atoms with van der Waals surface area (Å²) in [4.78, 5) is 43.7. The Morgan fingerprint density at radius 3 is 2.15 bits per heavy atom. The summed E-state index contributed by atoms with van der Waals surface area (Å²) in [5.41, 5.74) is 4.14. The first kappa shape index (κ1) is 17.7. The number of carbonyl (C=O) groups is 4. The van der Waals surface area contributed by atoms with Crippen LogP contribution in [0.1, 0.15) is 26.7 Å². The Kier molecular flexibility index (Phi) is 6.47.